The summed E-state index contributed by atoms with van der Waals surface area (Å²) in [6.45, 7) is 1.94. The number of pyridine rings is 1. The Morgan fingerprint density at radius 3 is 2.76 bits per heavy atom. The van der Waals surface area contributed by atoms with Crippen molar-refractivity contribution in [3.8, 4) is 0 Å². The van der Waals surface area contributed by atoms with Crippen molar-refractivity contribution in [2.24, 2.45) is 0 Å². The number of aryl methyl sites for hydroxylation is 1. The molecule has 86 valence electrons. The van der Waals surface area contributed by atoms with Gasteiger partial charge in [0.15, 0.2) is 0 Å². The van der Waals surface area contributed by atoms with E-state index in [1.165, 1.54) is 0 Å². The Hall–Kier alpha value is -1.68. The second kappa shape index (κ2) is 5.10. The summed E-state index contributed by atoms with van der Waals surface area (Å²) in [5, 5.41) is 2.83. The van der Waals surface area contributed by atoms with Crippen LogP contribution in [0.4, 0.5) is 5.69 Å². The van der Waals surface area contributed by atoms with E-state index in [4.69, 9.17) is 0 Å². The van der Waals surface area contributed by atoms with Gasteiger partial charge < -0.3 is 5.32 Å². The molecule has 0 atom stereocenters. The summed E-state index contributed by atoms with van der Waals surface area (Å²) in [5.74, 6) is -0.198. The SMILES string of the molecule is Cc1cc(Br)ccc1NC(=O)c1ccccn1. The molecule has 1 aromatic carbocycles. The number of hydrogen-bond acceptors (Lipinski definition) is 2. The molecule has 0 aliphatic carbocycles. The fraction of sp³-hybridized carbons (Fsp3) is 0.0769. The van der Waals surface area contributed by atoms with Crippen LogP contribution in [-0.4, -0.2) is 10.9 Å². The predicted octanol–water partition coefficient (Wildman–Crippen LogP) is 3.40. The van der Waals surface area contributed by atoms with Crippen LogP contribution in [0.5, 0.6) is 0 Å². The van der Waals surface area contributed by atoms with Gasteiger partial charge in [0.05, 0.1) is 0 Å². The Kier molecular flexibility index (Phi) is 3.54. The quantitative estimate of drug-likeness (QED) is 0.921. The summed E-state index contributed by atoms with van der Waals surface area (Å²) in [6.07, 6.45) is 1.60. The molecule has 0 saturated heterocycles. The smallest absolute Gasteiger partial charge is 0.274 e. The van der Waals surface area contributed by atoms with Crippen molar-refractivity contribution in [2.75, 3.05) is 5.32 Å². The highest BCUT2D eigenvalue weighted by atomic mass is 79.9. The molecule has 1 heterocycles. The molecule has 0 aliphatic rings. The van der Waals surface area contributed by atoms with Crippen molar-refractivity contribution in [1.82, 2.24) is 4.98 Å². The van der Waals surface area contributed by atoms with E-state index in [-0.39, 0.29) is 5.91 Å². The van der Waals surface area contributed by atoms with Crippen LogP contribution < -0.4 is 5.32 Å². The minimum atomic E-state index is -0.198. The standard InChI is InChI=1S/C13H11BrN2O/c1-9-8-10(14)5-6-11(9)16-13(17)12-4-2-3-7-15-12/h2-8H,1H3,(H,16,17). The van der Waals surface area contributed by atoms with Gasteiger partial charge in [0.1, 0.15) is 5.69 Å². The first-order chi connectivity index (χ1) is 8.16. The Balaban J connectivity index is 2.19. The van der Waals surface area contributed by atoms with Crippen LogP contribution in [0.2, 0.25) is 0 Å². The molecule has 0 aliphatic heterocycles. The van der Waals surface area contributed by atoms with Gasteiger partial charge >= 0.3 is 0 Å². The highest BCUT2D eigenvalue weighted by molar-refractivity contribution is 9.10. The molecule has 4 heteroatoms. The van der Waals surface area contributed by atoms with Gasteiger partial charge in [-0.3, -0.25) is 9.78 Å². The Bertz CT molecular complexity index is 540. The fourth-order valence-corrected chi connectivity index (χ4v) is 1.93. The van der Waals surface area contributed by atoms with Crippen molar-refractivity contribution in [1.29, 1.82) is 0 Å². The van der Waals surface area contributed by atoms with Gasteiger partial charge in [0.2, 0.25) is 0 Å². The van der Waals surface area contributed by atoms with E-state index in [0.717, 1.165) is 15.7 Å². The highest BCUT2D eigenvalue weighted by Crippen LogP contribution is 2.20. The Labute approximate surface area is 108 Å². The van der Waals surface area contributed by atoms with Crippen LogP contribution in [0.1, 0.15) is 16.1 Å². The molecule has 0 radical (unpaired) electrons. The van der Waals surface area contributed by atoms with E-state index in [9.17, 15) is 4.79 Å². The molecule has 1 amide bonds. The average molecular weight is 291 g/mol. The van der Waals surface area contributed by atoms with Crippen molar-refractivity contribution in [3.63, 3.8) is 0 Å². The van der Waals surface area contributed by atoms with Gasteiger partial charge in [-0.15, -0.1) is 0 Å². The van der Waals surface area contributed by atoms with Gasteiger partial charge in [0.25, 0.3) is 5.91 Å². The maximum absolute atomic E-state index is 11.9. The van der Waals surface area contributed by atoms with Gasteiger partial charge in [-0.05, 0) is 42.8 Å². The first-order valence-electron chi connectivity index (χ1n) is 5.15. The number of anilines is 1. The topological polar surface area (TPSA) is 42.0 Å². The predicted molar refractivity (Wildman–Crippen MR) is 71.1 cm³/mol. The molecular weight excluding hydrogens is 280 g/mol. The van der Waals surface area contributed by atoms with E-state index in [2.05, 4.69) is 26.2 Å². The number of carbonyl (C=O) groups is 1. The molecule has 0 fully saturated rings. The molecule has 2 rings (SSSR count). The maximum atomic E-state index is 11.9. The normalized spacial score (nSPS) is 10.0. The zero-order chi connectivity index (χ0) is 12.3. The number of hydrogen-bond donors (Lipinski definition) is 1. The number of amides is 1. The van der Waals surface area contributed by atoms with Gasteiger partial charge in [-0.25, -0.2) is 0 Å². The molecule has 1 N–H and O–H groups in total. The molecular formula is C13H11BrN2O. The Morgan fingerprint density at radius 2 is 2.12 bits per heavy atom. The minimum Gasteiger partial charge on any atom is -0.320 e. The van der Waals surface area contributed by atoms with Crippen molar-refractivity contribution < 1.29 is 4.79 Å². The molecule has 2 aromatic rings. The third kappa shape index (κ3) is 2.91. The number of aromatic nitrogens is 1. The van der Waals surface area contributed by atoms with Crippen LogP contribution in [-0.2, 0) is 0 Å². The molecule has 0 unspecified atom stereocenters. The number of rotatable bonds is 2. The third-order valence-corrected chi connectivity index (χ3v) is 2.83. The van der Waals surface area contributed by atoms with Crippen LogP contribution in [0.15, 0.2) is 47.1 Å². The lowest BCUT2D eigenvalue weighted by Crippen LogP contribution is -2.14. The van der Waals surface area contributed by atoms with E-state index < -0.39 is 0 Å². The molecule has 0 saturated carbocycles. The van der Waals surface area contributed by atoms with Crippen LogP contribution >= 0.6 is 15.9 Å². The zero-order valence-corrected chi connectivity index (χ0v) is 10.9. The fourth-order valence-electron chi connectivity index (χ4n) is 1.45. The lowest BCUT2D eigenvalue weighted by Gasteiger charge is -2.08. The summed E-state index contributed by atoms with van der Waals surface area (Å²) in [4.78, 5) is 15.9. The summed E-state index contributed by atoms with van der Waals surface area (Å²) >= 11 is 3.38. The number of nitrogens with one attached hydrogen (secondary N) is 1. The van der Waals surface area contributed by atoms with Gasteiger partial charge in [-0.1, -0.05) is 22.0 Å². The molecule has 0 spiro atoms. The van der Waals surface area contributed by atoms with E-state index in [1.54, 1.807) is 24.4 Å². The molecule has 0 bridgehead atoms. The minimum absolute atomic E-state index is 0.198. The lowest BCUT2D eigenvalue weighted by atomic mass is 10.2. The second-order valence-corrected chi connectivity index (χ2v) is 4.54. The summed E-state index contributed by atoms with van der Waals surface area (Å²) in [6, 6.07) is 11.0. The maximum Gasteiger partial charge on any atom is 0.274 e. The highest BCUT2D eigenvalue weighted by Gasteiger charge is 2.08. The van der Waals surface area contributed by atoms with Gasteiger partial charge in [0, 0.05) is 16.4 Å². The van der Waals surface area contributed by atoms with Crippen molar-refractivity contribution in [3.05, 3.63) is 58.3 Å². The average Bonchev–Trinajstić information content (AvgIpc) is 2.34. The number of benzene rings is 1. The molecule has 1 aromatic heterocycles. The lowest BCUT2D eigenvalue weighted by molar-refractivity contribution is 0.102. The van der Waals surface area contributed by atoms with E-state index in [0.29, 0.717) is 5.69 Å². The van der Waals surface area contributed by atoms with E-state index >= 15 is 0 Å². The zero-order valence-electron chi connectivity index (χ0n) is 9.27. The Morgan fingerprint density at radius 1 is 1.29 bits per heavy atom. The van der Waals surface area contributed by atoms with Crippen LogP contribution in [0, 0.1) is 6.92 Å². The monoisotopic (exact) mass is 290 g/mol. The van der Waals surface area contributed by atoms with Crippen LogP contribution in [0.25, 0.3) is 0 Å². The largest absolute Gasteiger partial charge is 0.320 e. The summed E-state index contributed by atoms with van der Waals surface area (Å²) in [5.41, 5.74) is 2.21. The first-order valence-corrected chi connectivity index (χ1v) is 5.94. The summed E-state index contributed by atoms with van der Waals surface area (Å²) < 4.78 is 0.992. The molecule has 3 nitrogen and oxygen atoms in total. The van der Waals surface area contributed by atoms with E-state index in [1.807, 2.05) is 25.1 Å². The van der Waals surface area contributed by atoms with Gasteiger partial charge in [-0.2, -0.15) is 0 Å². The number of nitrogens with zero attached hydrogens (tertiary/aromatic N) is 1. The summed E-state index contributed by atoms with van der Waals surface area (Å²) in [7, 11) is 0. The first kappa shape index (κ1) is 11.8. The van der Waals surface area contributed by atoms with Crippen molar-refractivity contribution in [2.45, 2.75) is 6.92 Å². The van der Waals surface area contributed by atoms with Crippen molar-refractivity contribution >= 4 is 27.5 Å². The third-order valence-electron chi connectivity index (χ3n) is 2.33. The number of halogens is 1. The second-order valence-electron chi connectivity index (χ2n) is 3.63. The van der Waals surface area contributed by atoms with Crippen LogP contribution in [0.3, 0.4) is 0 Å². The number of carbonyl (C=O) groups excluding carboxylic acids is 1. The molecule has 17 heavy (non-hydrogen) atoms.